The molecule has 2 aliphatic rings. The van der Waals surface area contributed by atoms with Gasteiger partial charge in [-0.05, 0) is 61.7 Å². The molecule has 1 N–H and O–H groups in total. The standard InChI is InChI=1S/C18H20N2O4S/c1-12-4-2-3-9-19(12)16(22)11-20-17(23)15(25-18(20)24)10-13-5-7-14(21)8-6-13/h5-8,10,12,21H,2-4,9,11H2,1H3/b15-10-/t12-/m0/s1. The fourth-order valence-corrected chi connectivity index (χ4v) is 3.89. The Morgan fingerprint density at radius 1 is 1.28 bits per heavy atom. The van der Waals surface area contributed by atoms with Crippen LogP contribution in [0.2, 0.25) is 0 Å². The lowest BCUT2D eigenvalue weighted by molar-refractivity contribution is -0.138. The molecule has 0 spiro atoms. The topological polar surface area (TPSA) is 77.9 Å². The summed E-state index contributed by atoms with van der Waals surface area (Å²) in [6.07, 6.45) is 4.60. The third kappa shape index (κ3) is 3.87. The molecule has 132 valence electrons. The molecule has 2 saturated heterocycles. The zero-order valence-electron chi connectivity index (χ0n) is 14.0. The van der Waals surface area contributed by atoms with E-state index in [9.17, 15) is 19.5 Å². The molecule has 0 saturated carbocycles. The highest BCUT2D eigenvalue weighted by molar-refractivity contribution is 8.18. The Kier molecular flexibility index (Phi) is 5.13. The van der Waals surface area contributed by atoms with Crippen LogP contribution in [0.5, 0.6) is 5.75 Å². The van der Waals surface area contributed by atoms with E-state index in [4.69, 9.17) is 0 Å². The second-order valence-electron chi connectivity index (χ2n) is 6.29. The van der Waals surface area contributed by atoms with Crippen LogP contribution >= 0.6 is 11.8 Å². The first-order valence-electron chi connectivity index (χ1n) is 8.29. The fourth-order valence-electron chi connectivity index (χ4n) is 3.05. The van der Waals surface area contributed by atoms with Crippen molar-refractivity contribution in [2.45, 2.75) is 32.2 Å². The molecule has 0 aliphatic carbocycles. The maximum absolute atomic E-state index is 12.5. The number of carbonyl (C=O) groups excluding carboxylic acids is 3. The molecule has 3 rings (SSSR count). The molecule has 6 nitrogen and oxygen atoms in total. The number of imide groups is 1. The summed E-state index contributed by atoms with van der Waals surface area (Å²) in [5, 5.41) is 8.88. The number of hydrogen-bond acceptors (Lipinski definition) is 5. The third-order valence-corrected chi connectivity index (χ3v) is 5.39. The molecular weight excluding hydrogens is 340 g/mol. The summed E-state index contributed by atoms with van der Waals surface area (Å²) in [5.74, 6) is -0.493. The van der Waals surface area contributed by atoms with Gasteiger partial charge in [0, 0.05) is 12.6 Å². The van der Waals surface area contributed by atoms with Crippen molar-refractivity contribution in [1.29, 1.82) is 0 Å². The van der Waals surface area contributed by atoms with Crippen molar-refractivity contribution in [2.75, 3.05) is 13.1 Å². The molecule has 0 unspecified atom stereocenters. The maximum Gasteiger partial charge on any atom is 0.294 e. The van der Waals surface area contributed by atoms with E-state index in [1.54, 1.807) is 23.1 Å². The minimum atomic E-state index is -0.443. The second kappa shape index (κ2) is 7.31. The molecule has 1 aromatic carbocycles. The summed E-state index contributed by atoms with van der Waals surface area (Å²) in [7, 11) is 0. The molecule has 2 aliphatic heterocycles. The first-order valence-corrected chi connectivity index (χ1v) is 9.11. The Labute approximate surface area is 150 Å². The van der Waals surface area contributed by atoms with Gasteiger partial charge in [0.05, 0.1) is 4.91 Å². The summed E-state index contributed by atoms with van der Waals surface area (Å²) in [4.78, 5) is 40.2. The lowest BCUT2D eigenvalue weighted by atomic mass is 10.0. The van der Waals surface area contributed by atoms with Crippen molar-refractivity contribution < 1.29 is 19.5 Å². The van der Waals surface area contributed by atoms with E-state index in [0.29, 0.717) is 12.1 Å². The molecule has 2 fully saturated rings. The summed E-state index contributed by atoms with van der Waals surface area (Å²) in [5.41, 5.74) is 0.708. The van der Waals surface area contributed by atoms with E-state index < -0.39 is 11.1 Å². The zero-order valence-corrected chi connectivity index (χ0v) is 14.8. The molecule has 0 bridgehead atoms. The highest BCUT2D eigenvalue weighted by Gasteiger charge is 2.37. The van der Waals surface area contributed by atoms with Crippen LogP contribution in [0.25, 0.3) is 6.08 Å². The monoisotopic (exact) mass is 360 g/mol. The van der Waals surface area contributed by atoms with Crippen LogP contribution in [0.4, 0.5) is 4.79 Å². The molecule has 0 aromatic heterocycles. The summed E-state index contributed by atoms with van der Waals surface area (Å²) < 4.78 is 0. The van der Waals surface area contributed by atoms with Crippen molar-refractivity contribution in [3.8, 4) is 5.75 Å². The number of thioether (sulfide) groups is 1. The van der Waals surface area contributed by atoms with Crippen molar-refractivity contribution in [3.05, 3.63) is 34.7 Å². The minimum absolute atomic E-state index is 0.131. The highest BCUT2D eigenvalue weighted by Crippen LogP contribution is 2.32. The van der Waals surface area contributed by atoms with Crippen molar-refractivity contribution >= 4 is 34.9 Å². The van der Waals surface area contributed by atoms with Crippen molar-refractivity contribution in [2.24, 2.45) is 0 Å². The quantitative estimate of drug-likeness (QED) is 0.839. The molecule has 25 heavy (non-hydrogen) atoms. The van der Waals surface area contributed by atoms with E-state index in [-0.39, 0.29) is 29.1 Å². The van der Waals surface area contributed by atoms with Crippen LogP contribution in [0.1, 0.15) is 31.7 Å². The third-order valence-electron chi connectivity index (χ3n) is 4.48. The number of phenolic OH excluding ortho intramolecular Hbond substituents is 1. The van der Waals surface area contributed by atoms with Gasteiger partial charge in [0.1, 0.15) is 12.3 Å². The predicted molar refractivity (Wildman–Crippen MR) is 95.8 cm³/mol. The van der Waals surface area contributed by atoms with Gasteiger partial charge in [0.15, 0.2) is 0 Å². The Morgan fingerprint density at radius 3 is 2.68 bits per heavy atom. The van der Waals surface area contributed by atoms with Gasteiger partial charge in [-0.25, -0.2) is 0 Å². The maximum atomic E-state index is 12.5. The molecular formula is C18H20N2O4S. The average molecular weight is 360 g/mol. The van der Waals surface area contributed by atoms with E-state index >= 15 is 0 Å². The first kappa shape index (κ1) is 17.5. The van der Waals surface area contributed by atoms with Gasteiger partial charge < -0.3 is 10.0 Å². The van der Waals surface area contributed by atoms with Crippen molar-refractivity contribution in [3.63, 3.8) is 0 Å². The minimum Gasteiger partial charge on any atom is -0.508 e. The smallest absolute Gasteiger partial charge is 0.294 e. The molecule has 3 amide bonds. The molecule has 2 heterocycles. The Balaban J connectivity index is 1.70. The lowest BCUT2D eigenvalue weighted by Crippen LogP contribution is -2.47. The van der Waals surface area contributed by atoms with Crippen LogP contribution in [0.15, 0.2) is 29.2 Å². The van der Waals surface area contributed by atoms with Gasteiger partial charge in [-0.3, -0.25) is 19.3 Å². The van der Waals surface area contributed by atoms with Gasteiger partial charge in [-0.1, -0.05) is 12.1 Å². The van der Waals surface area contributed by atoms with Gasteiger partial charge in [-0.2, -0.15) is 0 Å². The number of carbonyl (C=O) groups is 3. The van der Waals surface area contributed by atoms with E-state index in [0.717, 1.165) is 35.9 Å². The fraction of sp³-hybridized carbons (Fsp3) is 0.389. The number of piperidine rings is 1. The summed E-state index contributed by atoms with van der Waals surface area (Å²) in [6, 6.07) is 6.48. The molecule has 0 radical (unpaired) electrons. The second-order valence-corrected chi connectivity index (χ2v) is 7.28. The van der Waals surface area contributed by atoms with Crippen molar-refractivity contribution in [1.82, 2.24) is 9.80 Å². The van der Waals surface area contributed by atoms with E-state index in [1.165, 1.54) is 12.1 Å². The zero-order chi connectivity index (χ0) is 18.0. The van der Waals surface area contributed by atoms with Gasteiger partial charge in [-0.15, -0.1) is 0 Å². The molecule has 1 aromatic rings. The normalized spacial score (nSPS) is 22.8. The summed E-state index contributed by atoms with van der Waals surface area (Å²) in [6.45, 7) is 2.47. The van der Waals surface area contributed by atoms with E-state index in [1.807, 2.05) is 6.92 Å². The lowest BCUT2D eigenvalue weighted by Gasteiger charge is -2.34. The van der Waals surface area contributed by atoms with Gasteiger partial charge in [0.25, 0.3) is 11.1 Å². The number of likely N-dealkylation sites (tertiary alicyclic amines) is 1. The van der Waals surface area contributed by atoms with Gasteiger partial charge >= 0.3 is 0 Å². The number of amides is 3. The number of benzene rings is 1. The SMILES string of the molecule is C[C@H]1CCCCN1C(=O)CN1C(=O)S/C(=C\c2ccc(O)cc2)C1=O. The Morgan fingerprint density at radius 2 is 2.00 bits per heavy atom. The van der Waals surface area contributed by atoms with Crippen LogP contribution in [0.3, 0.4) is 0 Å². The number of hydrogen-bond donors (Lipinski definition) is 1. The number of phenols is 1. The number of aromatic hydroxyl groups is 1. The largest absolute Gasteiger partial charge is 0.508 e. The highest BCUT2D eigenvalue weighted by atomic mass is 32.2. The summed E-state index contributed by atoms with van der Waals surface area (Å²) >= 11 is 0.836. The molecule has 7 heteroatoms. The predicted octanol–water partition coefficient (Wildman–Crippen LogP) is 2.83. The van der Waals surface area contributed by atoms with Crippen LogP contribution in [0, 0.1) is 0 Å². The average Bonchev–Trinajstić information content (AvgIpc) is 2.85. The Bertz CT molecular complexity index is 729. The van der Waals surface area contributed by atoms with Crippen LogP contribution in [-0.2, 0) is 9.59 Å². The molecule has 1 atom stereocenters. The first-order chi connectivity index (χ1) is 12.0. The van der Waals surface area contributed by atoms with Gasteiger partial charge in [0.2, 0.25) is 5.91 Å². The Hall–Kier alpha value is -2.28. The van der Waals surface area contributed by atoms with Crippen LogP contribution in [-0.4, -0.2) is 51.1 Å². The number of nitrogens with zero attached hydrogens (tertiary/aromatic N) is 2. The van der Waals surface area contributed by atoms with E-state index in [2.05, 4.69) is 0 Å². The number of rotatable bonds is 3. The van der Waals surface area contributed by atoms with Crippen LogP contribution < -0.4 is 0 Å².